The lowest BCUT2D eigenvalue weighted by molar-refractivity contribution is -0.312. The Morgan fingerprint density at radius 3 is 1.97 bits per heavy atom. The summed E-state index contributed by atoms with van der Waals surface area (Å²) in [6, 6.07) is 8.15. The zero-order valence-corrected chi connectivity index (χ0v) is 35.7. The van der Waals surface area contributed by atoms with Crippen LogP contribution in [0.4, 0.5) is 0 Å². The first kappa shape index (κ1) is 37.8. The number of phenols is 2. The molecule has 59 heavy (non-hydrogen) atoms. The van der Waals surface area contributed by atoms with Crippen molar-refractivity contribution in [2.75, 3.05) is 33.3 Å². The summed E-state index contributed by atoms with van der Waals surface area (Å²) in [5.74, 6) is 3.19. The van der Waals surface area contributed by atoms with E-state index in [1.165, 1.54) is 43.4 Å². The van der Waals surface area contributed by atoms with Gasteiger partial charge in [-0.3, -0.25) is 14.6 Å². The minimum atomic E-state index is -0.940. The number of ether oxygens (including phenoxy) is 3. The van der Waals surface area contributed by atoms with Gasteiger partial charge in [-0.1, -0.05) is 32.9 Å². The van der Waals surface area contributed by atoms with E-state index in [-0.39, 0.29) is 51.6 Å². The number of likely N-dealkylation sites (tertiary alicyclic amines) is 2. The summed E-state index contributed by atoms with van der Waals surface area (Å²) in [6.07, 6.45) is 12.0. The van der Waals surface area contributed by atoms with Crippen molar-refractivity contribution in [1.29, 1.82) is 0 Å². The molecule has 10 nitrogen and oxygen atoms in total. The van der Waals surface area contributed by atoms with Crippen LogP contribution in [0.1, 0.15) is 121 Å². The molecule has 11 atom stereocenters. The minimum Gasteiger partial charge on any atom is -0.504 e. The van der Waals surface area contributed by atoms with E-state index in [0.717, 1.165) is 87.5 Å². The number of Topliss-reactive ketones (excluding diaryl/α,β-unsaturated/α-hetero) is 1. The molecule has 4 heterocycles. The lowest BCUT2D eigenvalue weighted by Crippen LogP contribution is -2.83. The first-order chi connectivity index (χ1) is 28.1. The Bertz CT molecular complexity index is 2160. The number of carbonyl (C=O) groups is 1. The van der Waals surface area contributed by atoms with Gasteiger partial charge in [0.1, 0.15) is 11.7 Å². The molecule has 3 spiro atoms. The van der Waals surface area contributed by atoms with Crippen molar-refractivity contribution >= 4 is 5.78 Å². The number of rotatable bonds is 6. The molecule has 2 aromatic carbocycles. The maximum atomic E-state index is 12.7. The van der Waals surface area contributed by atoms with Crippen LogP contribution in [0, 0.1) is 28.6 Å². The van der Waals surface area contributed by atoms with E-state index in [9.17, 15) is 25.2 Å². The van der Waals surface area contributed by atoms with E-state index < -0.39 is 28.3 Å². The van der Waals surface area contributed by atoms with Crippen LogP contribution in [-0.4, -0.2) is 110 Å². The second kappa shape index (κ2) is 11.8. The molecular formula is C49H64N2O8. The largest absolute Gasteiger partial charge is 0.504 e. The molecule has 6 bridgehead atoms. The number of carbonyl (C=O) groups excluding carboxylic acids is 1. The van der Waals surface area contributed by atoms with Gasteiger partial charge in [0, 0.05) is 66.6 Å². The van der Waals surface area contributed by atoms with Crippen LogP contribution < -0.4 is 9.47 Å². The normalized spacial score (nSPS) is 42.8. The van der Waals surface area contributed by atoms with Gasteiger partial charge in [0.15, 0.2) is 34.9 Å². The zero-order valence-electron chi connectivity index (χ0n) is 35.7. The number of nitrogens with zero attached hydrogens (tertiary/aromatic N) is 2. The molecule has 0 aromatic heterocycles. The molecule has 8 fully saturated rings. The highest BCUT2D eigenvalue weighted by atomic mass is 16.6. The zero-order chi connectivity index (χ0) is 40.9. The predicted molar refractivity (Wildman–Crippen MR) is 220 cm³/mol. The SMILES string of the molecule is CO[C@@]12CC[C@@]3(C[C@@H]1[C@](C)(O)C(C)(C)C)[C@H]1Cc4ccc(O)c5c4[C@@]3(CCN1CC1CC1)[C@H]2O5.O=C1CC[C@@]2(O)[C@H]3Cc4ccc(O)c5c4[C@@]2(CCN3CC2CC2)[C@H]1O5. The van der Waals surface area contributed by atoms with Gasteiger partial charge in [0.05, 0.1) is 16.6 Å². The molecule has 0 amide bonds. The Morgan fingerprint density at radius 1 is 0.780 bits per heavy atom. The number of piperidine rings is 2. The number of methoxy groups -OCH3 is 1. The summed E-state index contributed by atoms with van der Waals surface area (Å²) in [4.78, 5) is 18.0. The Hall–Kier alpha value is -2.89. The summed E-state index contributed by atoms with van der Waals surface area (Å²) < 4.78 is 19.5. The summed E-state index contributed by atoms with van der Waals surface area (Å²) in [6.45, 7) is 12.8. The molecule has 2 saturated heterocycles. The third-order valence-corrected chi connectivity index (χ3v) is 19.4. The van der Waals surface area contributed by atoms with Gasteiger partial charge in [-0.25, -0.2) is 0 Å². The van der Waals surface area contributed by atoms with Gasteiger partial charge in [-0.15, -0.1) is 0 Å². The van der Waals surface area contributed by atoms with Crippen LogP contribution in [0.15, 0.2) is 24.3 Å². The lowest BCUT2D eigenvalue weighted by Gasteiger charge is -2.75. The fourth-order valence-corrected chi connectivity index (χ4v) is 15.8. The van der Waals surface area contributed by atoms with E-state index in [2.05, 4.69) is 36.6 Å². The monoisotopic (exact) mass is 808 g/mol. The second-order valence-corrected chi connectivity index (χ2v) is 22.5. The van der Waals surface area contributed by atoms with E-state index in [1.54, 1.807) is 6.07 Å². The Morgan fingerprint density at radius 2 is 1.36 bits per heavy atom. The van der Waals surface area contributed by atoms with Crippen LogP contribution in [0.25, 0.3) is 0 Å². The molecule has 318 valence electrons. The highest BCUT2D eigenvalue weighted by Crippen LogP contribution is 2.78. The van der Waals surface area contributed by atoms with Crippen LogP contribution in [0.5, 0.6) is 23.0 Å². The van der Waals surface area contributed by atoms with Crippen molar-refractivity contribution in [2.45, 2.75) is 163 Å². The van der Waals surface area contributed by atoms with Gasteiger partial charge in [0.2, 0.25) is 0 Å². The smallest absolute Gasteiger partial charge is 0.174 e. The molecule has 2 aromatic rings. The summed E-state index contributed by atoms with van der Waals surface area (Å²) in [5.41, 5.74) is 1.24. The average molecular weight is 809 g/mol. The first-order valence-electron chi connectivity index (χ1n) is 23.1. The second-order valence-electron chi connectivity index (χ2n) is 22.5. The molecule has 0 unspecified atom stereocenters. The molecule has 4 aliphatic heterocycles. The van der Waals surface area contributed by atoms with Crippen molar-refractivity contribution in [3.63, 3.8) is 0 Å². The number of aromatic hydroxyl groups is 2. The van der Waals surface area contributed by atoms with E-state index in [1.807, 2.05) is 26.2 Å². The van der Waals surface area contributed by atoms with Gasteiger partial charge >= 0.3 is 0 Å². The minimum absolute atomic E-state index is 0.0294. The number of aliphatic hydroxyl groups is 2. The standard InChI is InChI=1S/C29H41NO4.C20H23NO4/c1-25(2,3)26(4,32)20-15-27-10-11-29(20,33-5)24-28(27)12-13-30(16-17-6-7-17)21(27)14-18-8-9-19(31)23(34-24)22(18)28;22-13-4-3-12-9-15-20(24)6-5-14(23)18-19(20,16(12)17(13)25-18)7-8-21(15)10-11-1-2-11/h8-9,17,20-21,24,31-32H,6-7,10-16H2,1-5H3;3-4,11,15,18,22,24H,1-2,5-10H2/t20-,21-,24-,26+,27-,28+,29+;15-,18+,19+,20-/m11/s1. The first-order valence-corrected chi connectivity index (χ1v) is 23.1. The third kappa shape index (κ3) is 4.44. The molecule has 4 N–H and O–H groups in total. The van der Waals surface area contributed by atoms with Gasteiger partial charge in [-0.05, 0) is 138 Å². The number of hydrogen-bond donors (Lipinski definition) is 4. The molecule has 14 rings (SSSR count). The maximum absolute atomic E-state index is 12.7. The topological polar surface area (TPSA) is 132 Å². The maximum Gasteiger partial charge on any atom is 0.174 e. The lowest BCUT2D eigenvalue weighted by atomic mass is 9.33. The Labute approximate surface area is 348 Å². The fourth-order valence-electron chi connectivity index (χ4n) is 15.8. The fraction of sp³-hybridized carbons (Fsp3) is 0.735. The van der Waals surface area contributed by atoms with Crippen LogP contribution >= 0.6 is 0 Å². The predicted octanol–water partition coefficient (Wildman–Crippen LogP) is 5.94. The Kier molecular flexibility index (Phi) is 7.55. The summed E-state index contributed by atoms with van der Waals surface area (Å²) in [5, 5.41) is 45.5. The van der Waals surface area contributed by atoms with E-state index in [4.69, 9.17) is 14.2 Å². The Balaban J connectivity index is 0.000000134. The summed E-state index contributed by atoms with van der Waals surface area (Å²) in [7, 11) is 1.83. The average Bonchev–Trinajstić information content (AvgIpc) is 4.13. The van der Waals surface area contributed by atoms with Crippen LogP contribution in [0.2, 0.25) is 0 Å². The number of phenolic OH excluding ortho intramolecular Hbond substituents is 2. The molecule has 0 radical (unpaired) electrons. The summed E-state index contributed by atoms with van der Waals surface area (Å²) >= 11 is 0. The molecule has 10 heteroatoms. The number of ketones is 1. The highest BCUT2D eigenvalue weighted by molar-refractivity contribution is 5.90. The molecule has 12 aliphatic rings. The number of benzene rings is 2. The van der Waals surface area contributed by atoms with Gasteiger partial charge in [-0.2, -0.15) is 0 Å². The molecular weight excluding hydrogens is 745 g/mol. The van der Waals surface area contributed by atoms with E-state index >= 15 is 0 Å². The van der Waals surface area contributed by atoms with Crippen molar-refractivity contribution in [3.8, 4) is 23.0 Å². The van der Waals surface area contributed by atoms with Crippen molar-refractivity contribution in [2.24, 2.45) is 28.6 Å². The number of fused-ring (bicyclic) bond motifs is 2. The van der Waals surface area contributed by atoms with Gasteiger partial charge in [0.25, 0.3) is 0 Å². The highest BCUT2D eigenvalue weighted by Gasteiger charge is 2.82. The van der Waals surface area contributed by atoms with Crippen LogP contribution in [0.3, 0.4) is 0 Å². The van der Waals surface area contributed by atoms with Crippen molar-refractivity contribution < 1.29 is 39.4 Å². The molecule has 8 aliphatic carbocycles. The van der Waals surface area contributed by atoms with Crippen LogP contribution in [-0.2, 0) is 33.2 Å². The quantitative estimate of drug-likeness (QED) is 0.278. The van der Waals surface area contributed by atoms with Gasteiger partial charge < -0.3 is 34.6 Å². The molecule has 6 saturated carbocycles. The number of hydrogen-bond acceptors (Lipinski definition) is 10. The third-order valence-electron chi connectivity index (χ3n) is 19.4. The van der Waals surface area contributed by atoms with Crippen molar-refractivity contribution in [1.82, 2.24) is 9.80 Å². The van der Waals surface area contributed by atoms with Crippen molar-refractivity contribution in [3.05, 3.63) is 46.5 Å². The van der Waals surface area contributed by atoms with E-state index in [0.29, 0.717) is 30.4 Å².